The summed E-state index contributed by atoms with van der Waals surface area (Å²) in [5.74, 6) is 0.955. The SMILES string of the molecule is CC(NC1CCC(N)C1)C1CCC1. The lowest BCUT2D eigenvalue weighted by Crippen LogP contribution is -2.42. The van der Waals surface area contributed by atoms with E-state index in [-0.39, 0.29) is 0 Å². The number of hydrogen-bond donors (Lipinski definition) is 2. The molecule has 13 heavy (non-hydrogen) atoms. The maximum Gasteiger partial charge on any atom is 0.00849 e. The van der Waals surface area contributed by atoms with Gasteiger partial charge in [0.2, 0.25) is 0 Å². The molecule has 0 radical (unpaired) electrons. The summed E-state index contributed by atoms with van der Waals surface area (Å²) in [4.78, 5) is 0. The minimum absolute atomic E-state index is 0.464. The highest BCUT2D eigenvalue weighted by Gasteiger charge is 2.28. The number of nitrogens with one attached hydrogen (secondary N) is 1. The van der Waals surface area contributed by atoms with E-state index in [2.05, 4.69) is 12.2 Å². The second kappa shape index (κ2) is 3.97. The molecular weight excluding hydrogens is 160 g/mol. The zero-order chi connectivity index (χ0) is 9.26. The van der Waals surface area contributed by atoms with Crippen LogP contribution < -0.4 is 11.1 Å². The van der Waals surface area contributed by atoms with Crippen molar-refractivity contribution in [3.63, 3.8) is 0 Å². The van der Waals surface area contributed by atoms with E-state index in [9.17, 15) is 0 Å². The Kier molecular flexibility index (Phi) is 2.89. The van der Waals surface area contributed by atoms with Crippen LogP contribution in [0.2, 0.25) is 0 Å². The zero-order valence-corrected chi connectivity index (χ0v) is 8.63. The molecule has 0 saturated heterocycles. The van der Waals surface area contributed by atoms with Gasteiger partial charge in [0, 0.05) is 18.1 Å². The molecule has 0 aliphatic heterocycles. The molecule has 2 aliphatic carbocycles. The van der Waals surface area contributed by atoms with Crippen molar-refractivity contribution in [2.75, 3.05) is 0 Å². The molecule has 2 rings (SSSR count). The van der Waals surface area contributed by atoms with Gasteiger partial charge in [-0.1, -0.05) is 6.42 Å². The Labute approximate surface area is 81.3 Å². The van der Waals surface area contributed by atoms with Gasteiger partial charge in [0.25, 0.3) is 0 Å². The first kappa shape index (κ1) is 9.47. The normalized spacial score (nSPS) is 37.4. The average Bonchev–Trinajstić information content (AvgIpc) is 2.31. The molecule has 0 aromatic carbocycles. The van der Waals surface area contributed by atoms with Crippen LogP contribution in [0.5, 0.6) is 0 Å². The highest BCUT2D eigenvalue weighted by atomic mass is 15.0. The lowest BCUT2D eigenvalue weighted by Gasteiger charge is -2.33. The molecule has 0 spiro atoms. The number of rotatable bonds is 3. The van der Waals surface area contributed by atoms with Crippen molar-refractivity contribution in [2.45, 2.75) is 63.6 Å². The van der Waals surface area contributed by atoms with E-state index in [0.717, 1.165) is 12.0 Å². The predicted octanol–water partition coefficient (Wildman–Crippen LogP) is 1.64. The average molecular weight is 182 g/mol. The number of nitrogens with two attached hydrogens (primary N) is 1. The molecule has 3 unspecified atom stereocenters. The van der Waals surface area contributed by atoms with Gasteiger partial charge in [0.1, 0.15) is 0 Å². The van der Waals surface area contributed by atoms with Crippen molar-refractivity contribution in [1.82, 2.24) is 5.32 Å². The van der Waals surface area contributed by atoms with E-state index >= 15 is 0 Å². The Hall–Kier alpha value is -0.0800. The van der Waals surface area contributed by atoms with Crippen LogP contribution in [0.4, 0.5) is 0 Å². The van der Waals surface area contributed by atoms with Gasteiger partial charge < -0.3 is 11.1 Å². The molecule has 0 aromatic rings. The lowest BCUT2D eigenvalue weighted by molar-refractivity contribution is 0.226. The topological polar surface area (TPSA) is 38.0 Å². The highest BCUT2D eigenvalue weighted by Crippen LogP contribution is 2.30. The summed E-state index contributed by atoms with van der Waals surface area (Å²) in [5.41, 5.74) is 5.88. The van der Waals surface area contributed by atoms with Crippen LogP contribution in [0.15, 0.2) is 0 Å². The lowest BCUT2D eigenvalue weighted by atomic mass is 9.80. The molecule has 2 heteroatoms. The Balaban J connectivity index is 1.71. The first-order valence-corrected chi connectivity index (χ1v) is 5.77. The van der Waals surface area contributed by atoms with Crippen LogP contribution >= 0.6 is 0 Å². The first-order valence-electron chi connectivity index (χ1n) is 5.77. The summed E-state index contributed by atoms with van der Waals surface area (Å²) in [5, 5.41) is 3.73. The van der Waals surface area contributed by atoms with Gasteiger partial charge in [0.15, 0.2) is 0 Å². The standard InChI is InChI=1S/C11H22N2/c1-8(9-3-2-4-9)13-11-6-5-10(12)7-11/h8-11,13H,2-7,12H2,1H3. The van der Waals surface area contributed by atoms with E-state index in [1.54, 1.807) is 0 Å². The summed E-state index contributed by atoms with van der Waals surface area (Å²) < 4.78 is 0. The van der Waals surface area contributed by atoms with Crippen LogP contribution in [-0.2, 0) is 0 Å². The van der Waals surface area contributed by atoms with Crippen LogP contribution in [-0.4, -0.2) is 18.1 Å². The maximum atomic E-state index is 5.88. The van der Waals surface area contributed by atoms with Crippen LogP contribution in [0.3, 0.4) is 0 Å². The smallest absolute Gasteiger partial charge is 0.00849 e. The van der Waals surface area contributed by atoms with Crippen molar-refractivity contribution in [3.8, 4) is 0 Å². The monoisotopic (exact) mass is 182 g/mol. The molecule has 2 nitrogen and oxygen atoms in total. The van der Waals surface area contributed by atoms with Gasteiger partial charge in [-0.05, 0) is 44.9 Å². The van der Waals surface area contributed by atoms with E-state index in [1.165, 1.54) is 38.5 Å². The second-order valence-corrected chi connectivity index (χ2v) is 4.92. The molecule has 2 saturated carbocycles. The molecule has 0 heterocycles. The molecular formula is C11H22N2. The molecule has 0 amide bonds. The van der Waals surface area contributed by atoms with Crippen molar-refractivity contribution in [3.05, 3.63) is 0 Å². The molecule has 2 aliphatic rings. The fourth-order valence-electron chi connectivity index (χ4n) is 2.62. The molecule has 2 fully saturated rings. The molecule has 76 valence electrons. The largest absolute Gasteiger partial charge is 0.328 e. The van der Waals surface area contributed by atoms with E-state index in [1.807, 2.05) is 0 Å². The molecule has 3 atom stereocenters. The van der Waals surface area contributed by atoms with E-state index in [0.29, 0.717) is 12.1 Å². The predicted molar refractivity (Wildman–Crippen MR) is 55.6 cm³/mol. The molecule has 3 N–H and O–H groups in total. The van der Waals surface area contributed by atoms with Gasteiger partial charge >= 0.3 is 0 Å². The van der Waals surface area contributed by atoms with Gasteiger partial charge in [-0.25, -0.2) is 0 Å². The zero-order valence-electron chi connectivity index (χ0n) is 8.63. The fourth-order valence-corrected chi connectivity index (χ4v) is 2.62. The fraction of sp³-hybridized carbons (Fsp3) is 1.00. The third kappa shape index (κ3) is 2.23. The summed E-state index contributed by atoms with van der Waals surface area (Å²) in [7, 11) is 0. The minimum Gasteiger partial charge on any atom is -0.328 e. The first-order chi connectivity index (χ1) is 6.25. The van der Waals surface area contributed by atoms with E-state index in [4.69, 9.17) is 5.73 Å². The van der Waals surface area contributed by atoms with Crippen LogP contribution in [0, 0.1) is 5.92 Å². The quantitative estimate of drug-likeness (QED) is 0.696. The van der Waals surface area contributed by atoms with Crippen molar-refractivity contribution in [2.24, 2.45) is 11.7 Å². The third-order valence-corrected chi connectivity index (χ3v) is 3.83. The van der Waals surface area contributed by atoms with E-state index < -0.39 is 0 Å². The highest BCUT2D eigenvalue weighted by molar-refractivity contribution is 4.87. The van der Waals surface area contributed by atoms with Crippen molar-refractivity contribution in [1.29, 1.82) is 0 Å². The van der Waals surface area contributed by atoms with Gasteiger partial charge in [-0.2, -0.15) is 0 Å². The number of hydrogen-bond acceptors (Lipinski definition) is 2. The van der Waals surface area contributed by atoms with Crippen molar-refractivity contribution < 1.29 is 0 Å². The summed E-state index contributed by atoms with van der Waals surface area (Å²) >= 11 is 0. The Morgan fingerprint density at radius 3 is 2.46 bits per heavy atom. The van der Waals surface area contributed by atoms with Crippen LogP contribution in [0.25, 0.3) is 0 Å². The van der Waals surface area contributed by atoms with Gasteiger partial charge in [0.05, 0.1) is 0 Å². The van der Waals surface area contributed by atoms with Gasteiger partial charge in [-0.15, -0.1) is 0 Å². The Morgan fingerprint density at radius 1 is 1.23 bits per heavy atom. The second-order valence-electron chi connectivity index (χ2n) is 4.92. The minimum atomic E-state index is 0.464. The van der Waals surface area contributed by atoms with Crippen LogP contribution in [0.1, 0.15) is 45.4 Å². The maximum absolute atomic E-state index is 5.88. The van der Waals surface area contributed by atoms with Gasteiger partial charge in [-0.3, -0.25) is 0 Å². The molecule has 0 aromatic heterocycles. The Morgan fingerprint density at radius 2 is 2.00 bits per heavy atom. The van der Waals surface area contributed by atoms with Crippen molar-refractivity contribution >= 4 is 0 Å². The Bertz CT molecular complexity index is 165. The third-order valence-electron chi connectivity index (χ3n) is 3.83. The summed E-state index contributed by atoms with van der Waals surface area (Å²) in [6, 6.07) is 1.90. The summed E-state index contributed by atoms with van der Waals surface area (Å²) in [6.45, 7) is 2.34. The molecule has 0 bridgehead atoms. The summed E-state index contributed by atoms with van der Waals surface area (Å²) in [6.07, 6.45) is 8.02.